The average Bonchev–Trinajstić information content (AvgIpc) is 3.03. The summed E-state index contributed by atoms with van der Waals surface area (Å²) in [5.41, 5.74) is 2.14. The van der Waals surface area contributed by atoms with Crippen LogP contribution in [0.15, 0.2) is 48.5 Å². The van der Waals surface area contributed by atoms with Crippen LogP contribution >= 0.6 is 11.6 Å². The molecule has 0 saturated heterocycles. The van der Waals surface area contributed by atoms with E-state index in [9.17, 15) is 4.79 Å². The van der Waals surface area contributed by atoms with Crippen LogP contribution in [-0.2, 0) is 11.3 Å². The minimum Gasteiger partial charge on any atom is -0.459 e. The highest BCUT2D eigenvalue weighted by Crippen LogP contribution is 2.17. The molecule has 0 spiro atoms. The minimum atomic E-state index is -0.372. The highest BCUT2D eigenvalue weighted by molar-refractivity contribution is 6.30. The van der Waals surface area contributed by atoms with Gasteiger partial charge in [-0.1, -0.05) is 35.9 Å². The maximum absolute atomic E-state index is 12.0. The van der Waals surface area contributed by atoms with E-state index in [0.717, 1.165) is 5.56 Å². The van der Waals surface area contributed by atoms with E-state index in [-0.39, 0.29) is 12.1 Å². The second-order valence-corrected chi connectivity index (χ2v) is 6.24. The number of tetrazole rings is 1. The van der Waals surface area contributed by atoms with Crippen molar-refractivity contribution in [2.45, 2.75) is 26.5 Å². The first-order chi connectivity index (χ1) is 12.0. The molecule has 0 aliphatic carbocycles. The topological polar surface area (TPSA) is 69.9 Å². The van der Waals surface area contributed by atoms with Crippen molar-refractivity contribution in [1.29, 1.82) is 0 Å². The van der Waals surface area contributed by atoms with Gasteiger partial charge in [0, 0.05) is 10.6 Å². The number of hydrogen-bond donors (Lipinski definition) is 0. The Kier molecular flexibility index (Phi) is 5.09. The summed E-state index contributed by atoms with van der Waals surface area (Å²) < 4.78 is 5.21. The van der Waals surface area contributed by atoms with Gasteiger partial charge in [-0.2, -0.15) is 4.80 Å². The molecular formula is C18H17ClN4O2. The third kappa shape index (κ3) is 4.42. The van der Waals surface area contributed by atoms with Gasteiger partial charge in [-0.05, 0) is 48.9 Å². The molecule has 0 aliphatic rings. The summed E-state index contributed by atoms with van der Waals surface area (Å²) in [5.74, 6) is 0.0735. The number of carbonyl (C=O) groups is 1. The van der Waals surface area contributed by atoms with Gasteiger partial charge < -0.3 is 4.74 Å². The molecule has 7 heteroatoms. The van der Waals surface area contributed by atoms with Crippen LogP contribution < -0.4 is 0 Å². The maximum Gasteiger partial charge on any atom is 0.338 e. The van der Waals surface area contributed by atoms with Crippen LogP contribution in [0.5, 0.6) is 0 Å². The fourth-order valence-corrected chi connectivity index (χ4v) is 2.50. The Morgan fingerprint density at radius 3 is 2.76 bits per heavy atom. The summed E-state index contributed by atoms with van der Waals surface area (Å²) in [4.78, 5) is 13.5. The maximum atomic E-state index is 12.0. The molecule has 0 bridgehead atoms. The van der Waals surface area contributed by atoms with Gasteiger partial charge in [-0.3, -0.25) is 0 Å². The molecule has 0 saturated carbocycles. The number of ether oxygens (including phenoxy) is 1. The Bertz CT molecular complexity index is 892. The number of halogens is 1. The number of aromatic nitrogens is 4. The summed E-state index contributed by atoms with van der Waals surface area (Å²) in [6, 6.07) is 14.5. The highest BCUT2D eigenvalue weighted by Gasteiger charge is 2.12. The van der Waals surface area contributed by atoms with E-state index < -0.39 is 0 Å². The van der Waals surface area contributed by atoms with E-state index in [1.165, 1.54) is 4.80 Å². The molecule has 128 valence electrons. The number of hydrogen-bond acceptors (Lipinski definition) is 5. The fraction of sp³-hybridized carbons (Fsp3) is 0.222. The summed E-state index contributed by atoms with van der Waals surface area (Å²) in [6.07, 6.45) is -0.173. The van der Waals surface area contributed by atoms with Crippen LogP contribution in [0, 0.1) is 0 Å². The zero-order valence-corrected chi connectivity index (χ0v) is 14.6. The van der Waals surface area contributed by atoms with E-state index >= 15 is 0 Å². The monoisotopic (exact) mass is 356 g/mol. The molecule has 0 unspecified atom stereocenters. The van der Waals surface area contributed by atoms with E-state index in [0.29, 0.717) is 28.5 Å². The van der Waals surface area contributed by atoms with E-state index in [4.69, 9.17) is 16.3 Å². The molecule has 0 atom stereocenters. The fourth-order valence-electron chi connectivity index (χ4n) is 2.29. The molecule has 0 fully saturated rings. The summed E-state index contributed by atoms with van der Waals surface area (Å²) in [6.45, 7) is 4.08. The van der Waals surface area contributed by atoms with Crippen molar-refractivity contribution in [3.05, 3.63) is 64.7 Å². The molecule has 0 aliphatic heterocycles. The third-order valence-corrected chi connectivity index (χ3v) is 3.60. The van der Waals surface area contributed by atoms with Crippen LogP contribution in [0.2, 0.25) is 5.02 Å². The van der Waals surface area contributed by atoms with Crippen molar-refractivity contribution in [1.82, 2.24) is 20.2 Å². The molecule has 1 heterocycles. The lowest BCUT2D eigenvalue weighted by Gasteiger charge is -2.08. The lowest BCUT2D eigenvalue weighted by atomic mass is 10.1. The van der Waals surface area contributed by atoms with Crippen molar-refractivity contribution < 1.29 is 9.53 Å². The molecule has 0 amide bonds. The van der Waals surface area contributed by atoms with Gasteiger partial charge in [0.2, 0.25) is 5.82 Å². The summed E-state index contributed by atoms with van der Waals surface area (Å²) in [5, 5.41) is 13.1. The number of rotatable bonds is 5. The Balaban J connectivity index is 1.79. The molecule has 0 radical (unpaired) electrons. The average molecular weight is 357 g/mol. The molecule has 0 N–H and O–H groups in total. The van der Waals surface area contributed by atoms with Gasteiger partial charge in [0.25, 0.3) is 0 Å². The Morgan fingerprint density at radius 2 is 2.00 bits per heavy atom. The minimum absolute atomic E-state index is 0.173. The van der Waals surface area contributed by atoms with Crippen molar-refractivity contribution in [2.75, 3.05) is 0 Å². The van der Waals surface area contributed by atoms with Crippen LogP contribution in [0.25, 0.3) is 11.4 Å². The van der Waals surface area contributed by atoms with Gasteiger partial charge >= 0.3 is 5.97 Å². The Labute approximate surface area is 150 Å². The predicted octanol–water partition coefficient (Wildman–Crippen LogP) is 3.61. The number of benzene rings is 2. The van der Waals surface area contributed by atoms with Gasteiger partial charge in [0.05, 0.1) is 18.2 Å². The molecular weight excluding hydrogens is 340 g/mol. The Morgan fingerprint density at radius 1 is 1.20 bits per heavy atom. The van der Waals surface area contributed by atoms with Gasteiger partial charge in [-0.25, -0.2) is 4.79 Å². The van der Waals surface area contributed by atoms with Crippen LogP contribution in [0.1, 0.15) is 29.8 Å². The number of carbonyl (C=O) groups excluding carboxylic acids is 1. The summed E-state index contributed by atoms with van der Waals surface area (Å²) in [7, 11) is 0. The third-order valence-electron chi connectivity index (χ3n) is 3.37. The van der Waals surface area contributed by atoms with E-state index in [2.05, 4.69) is 15.4 Å². The molecule has 2 aromatic carbocycles. The smallest absolute Gasteiger partial charge is 0.338 e. The van der Waals surface area contributed by atoms with E-state index in [1.54, 1.807) is 18.2 Å². The van der Waals surface area contributed by atoms with Gasteiger partial charge in [0.1, 0.15) is 0 Å². The largest absolute Gasteiger partial charge is 0.459 e. The standard InChI is InChI=1S/C18H17ClN4O2/c1-12(2)25-18(24)15-7-4-6-14(10-15)17-20-22-23(21-17)11-13-5-3-8-16(19)9-13/h3-10,12H,11H2,1-2H3. The number of esters is 1. The van der Waals surface area contributed by atoms with Crippen molar-refractivity contribution in [3.8, 4) is 11.4 Å². The quantitative estimate of drug-likeness (QED) is 0.653. The lowest BCUT2D eigenvalue weighted by Crippen LogP contribution is -2.11. The highest BCUT2D eigenvalue weighted by atomic mass is 35.5. The first kappa shape index (κ1) is 17.1. The SMILES string of the molecule is CC(C)OC(=O)c1cccc(-c2nnn(Cc3cccc(Cl)c3)n2)c1. The van der Waals surface area contributed by atoms with Gasteiger partial charge in [0.15, 0.2) is 0 Å². The first-order valence-electron chi connectivity index (χ1n) is 7.85. The molecule has 25 heavy (non-hydrogen) atoms. The van der Waals surface area contributed by atoms with Gasteiger partial charge in [-0.15, -0.1) is 10.2 Å². The number of nitrogens with zero attached hydrogens (tertiary/aromatic N) is 4. The lowest BCUT2D eigenvalue weighted by molar-refractivity contribution is 0.0378. The first-order valence-corrected chi connectivity index (χ1v) is 8.23. The van der Waals surface area contributed by atoms with Crippen molar-refractivity contribution in [3.63, 3.8) is 0 Å². The second kappa shape index (κ2) is 7.44. The van der Waals surface area contributed by atoms with E-state index in [1.807, 2.05) is 44.2 Å². The Hall–Kier alpha value is -2.73. The van der Waals surface area contributed by atoms with Crippen LogP contribution in [0.3, 0.4) is 0 Å². The molecule has 3 aromatic rings. The zero-order chi connectivity index (χ0) is 17.8. The van der Waals surface area contributed by atoms with Crippen molar-refractivity contribution >= 4 is 17.6 Å². The van der Waals surface area contributed by atoms with Crippen LogP contribution in [0.4, 0.5) is 0 Å². The van der Waals surface area contributed by atoms with Crippen molar-refractivity contribution in [2.24, 2.45) is 0 Å². The molecule has 6 nitrogen and oxygen atoms in total. The normalized spacial score (nSPS) is 10.9. The molecule has 3 rings (SSSR count). The predicted molar refractivity (Wildman–Crippen MR) is 94.4 cm³/mol. The molecule has 1 aromatic heterocycles. The second-order valence-electron chi connectivity index (χ2n) is 5.81. The zero-order valence-electron chi connectivity index (χ0n) is 13.9. The summed E-state index contributed by atoms with van der Waals surface area (Å²) >= 11 is 5.99. The van der Waals surface area contributed by atoms with Crippen LogP contribution in [-0.4, -0.2) is 32.3 Å².